The van der Waals surface area contributed by atoms with E-state index in [1.54, 1.807) is 33.8 Å². The number of amides is 2. The predicted octanol–water partition coefficient (Wildman–Crippen LogP) is 4.34. The van der Waals surface area contributed by atoms with Gasteiger partial charge in [-0.3, -0.25) is 18.5 Å². The highest BCUT2D eigenvalue weighted by atomic mass is 19.1. The van der Waals surface area contributed by atoms with Gasteiger partial charge in [0, 0.05) is 18.4 Å². The molecule has 1 aliphatic heterocycles. The lowest BCUT2D eigenvalue weighted by Crippen LogP contribution is -2.66. The molecule has 12 heteroatoms. The molecule has 0 bridgehead atoms. The van der Waals surface area contributed by atoms with Crippen molar-refractivity contribution in [2.24, 2.45) is 5.41 Å². The Labute approximate surface area is 240 Å². The van der Waals surface area contributed by atoms with Crippen molar-refractivity contribution in [3.8, 4) is 5.75 Å². The van der Waals surface area contributed by atoms with E-state index < -0.39 is 72.7 Å². The molecule has 234 valence electrons. The molecule has 1 heterocycles. The Balaban J connectivity index is 2.37. The molecule has 2 N–H and O–H groups in total. The molecule has 1 aromatic carbocycles. The first kappa shape index (κ1) is 34.6. The summed E-state index contributed by atoms with van der Waals surface area (Å²) in [7, 11) is 0. The number of morpholine rings is 1. The third-order valence-corrected chi connectivity index (χ3v) is 6.52. The summed E-state index contributed by atoms with van der Waals surface area (Å²) >= 11 is 0. The molecular weight excluding hydrogens is 545 g/mol. The zero-order chi connectivity index (χ0) is 31.0. The lowest BCUT2D eigenvalue weighted by molar-refractivity contribution is -0.236. The molecule has 9 nitrogen and oxygen atoms in total. The Morgan fingerprint density at radius 2 is 1.85 bits per heavy atom. The van der Waals surface area contributed by atoms with E-state index >= 15 is 0 Å². The number of alkyl halides is 2. The number of carbonyl (C=O) groups excluding carboxylic acids is 2. The van der Waals surface area contributed by atoms with E-state index in [1.165, 1.54) is 30.9 Å². The number of carbonyl (C=O) groups is 2. The predicted molar refractivity (Wildman–Crippen MR) is 147 cm³/mol. The molecule has 2 amide bonds. The SMILES string of the molecule is CCCOc1cc(F)cc(CC(NC(C)=O)C(O)C2COC(OCC(C)(CF)CF)C(C)N2C(=O)OC(C)(C)C)c1. The highest BCUT2D eigenvalue weighted by Gasteiger charge is 2.46. The van der Waals surface area contributed by atoms with Crippen molar-refractivity contribution in [2.75, 3.05) is 33.2 Å². The van der Waals surface area contributed by atoms with Gasteiger partial charge in [0.15, 0.2) is 6.29 Å². The van der Waals surface area contributed by atoms with Crippen molar-refractivity contribution in [1.29, 1.82) is 0 Å². The number of benzene rings is 1. The number of ether oxygens (including phenoxy) is 4. The summed E-state index contributed by atoms with van der Waals surface area (Å²) in [5.74, 6) is -0.667. The first-order chi connectivity index (χ1) is 19.1. The van der Waals surface area contributed by atoms with Crippen LogP contribution < -0.4 is 10.1 Å². The maximum atomic E-state index is 14.4. The highest BCUT2D eigenvalue weighted by Crippen LogP contribution is 2.29. The quantitative estimate of drug-likeness (QED) is 0.352. The van der Waals surface area contributed by atoms with Crippen LogP contribution in [-0.4, -0.2) is 91.3 Å². The molecular formula is C29H45F3N2O7. The molecule has 0 aromatic heterocycles. The molecule has 2 rings (SSSR count). The zero-order valence-electron chi connectivity index (χ0n) is 25.0. The van der Waals surface area contributed by atoms with Gasteiger partial charge in [-0.1, -0.05) is 13.8 Å². The van der Waals surface area contributed by atoms with Crippen molar-refractivity contribution in [2.45, 2.75) is 97.4 Å². The van der Waals surface area contributed by atoms with Gasteiger partial charge in [0.2, 0.25) is 5.91 Å². The van der Waals surface area contributed by atoms with E-state index in [0.29, 0.717) is 17.9 Å². The second-order valence-electron chi connectivity index (χ2n) is 11.9. The molecule has 1 fully saturated rings. The fourth-order valence-corrected chi connectivity index (χ4v) is 4.39. The van der Waals surface area contributed by atoms with Gasteiger partial charge in [-0.15, -0.1) is 0 Å². The summed E-state index contributed by atoms with van der Waals surface area (Å²) in [5.41, 5.74) is -1.80. The van der Waals surface area contributed by atoms with Crippen molar-refractivity contribution in [3.63, 3.8) is 0 Å². The average molecular weight is 591 g/mol. The molecule has 41 heavy (non-hydrogen) atoms. The summed E-state index contributed by atoms with van der Waals surface area (Å²) < 4.78 is 63.9. The Kier molecular flexibility index (Phi) is 12.7. The average Bonchev–Trinajstić information content (AvgIpc) is 2.88. The Hall–Kier alpha value is -2.57. The van der Waals surface area contributed by atoms with Gasteiger partial charge in [-0.2, -0.15) is 0 Å². The van der Waals surface area contributed by atoms with E-state index in [2.05, 4.69) is 5.32 Å². The van der Waals surface area contributed by atoms with E-state index in [-0.39, 0.29) is 19.6 Å². The van der Waals surface area contributed by atoms with Gasteiger partial charge in [0.1, 0.15) is 17.2 Å². The van der Waals surface area contributed by atoms with E-state index in [0.717, 1.165) is 6.42 Å². The maximum Gasteiger partial charge on any atom is 0.411 e. The number of rotatable bonds is 13. The van der Waals surface area contributed by atoms with Gasteiger partial charge in [-0.25, -0.2) is 9.18 Å². The largest absolute Gasteiger partial charge is 0.493 e. The fraction of sp³-hybridized carbons (Fsp3) is 0.724. The lowest BCUT2D eigenvalue weighted by atomic mass is 9.93. The minimum atomic E-state index is -1.39. The normalized spacial score (nSPS) is 21.2. The van der Waals surface area contributed by atoms with Crippen LogP contribution in [0.1, 0.15) is 60.5 Å². The van der Waals surface area contributed by atoms with Crippen LogP contribution in [0.2, 0.25) is 0 Å². The Morgan fingerprint density at radius 1 is 1.20 bits per heavy atom. The molecule has 0 radical (unpaired) electrons. The Bertz CT molecular complexity index is 1000. The number of aliphatic hydroxyl groups excluding tert-OH is 1. The van der Waals surface area contributed by atoms with Crippen LogP contribution in [-0.2, 0) is 25.4 Å². The zero-order valence-corrected chi connectivity index (χ0v) is 25.0. The third kappa shape index (κ3) is 10.3. The van der Waals surface area contributed by atoms with Gasteiger partial charge in [0.25, 0.3) is 0 Å². The summed E-state index contributed by atoms with van der Waals surface area (Å²) in [4.78, 5) is 26.8. The molecule has 1 aromatic rings. The van der Waals surface area contributed by atoms with Crippen LogP contribution in [0.4, 0.5) is 18.0 Å². The third-order valence-electron chi connectivity index (χ3n) is 6.52. The Morgan fingerprint density at radius 3 is 2.41 bits per heavy atom. The summed E-state index contributed by atoms with van der Waals surface area (Å²) in [6, 6.07) is 1.34. The fourth-order valence-electron chi connectivity index (χ4n) is 4.39. The van der Waals surface area contributed by atoms with Crippen LogP contribution >= 0.6 is 0 Å². The summed E-state index contributed by atoms with van der Waals surface area (Å²) in [6.07, 6.45) is -2.49. The number of hydrogen-bond acceptors (Lipinski definition) is 7. The lowest BCUT2D eigenvalue weighted by Gasteiger charge is -2.47. The summed E-state index contributed by atoms with van der Waals surface area (Å²) in [5, 5.41) is 14.3. The number of halogens is 3. The van der Waals surface area contributed by atoms with Crippen molar-refractivity contribution >= 4 is 12.0 Å². The van der Waals surface area contributed by atoms with Crippen LogP contribution in [0.25, 0.3) is 0 Å². The van der Waals surface area contributed by atoms with Gasteiger partial charge in [0.05, 0.1) is 57.4 Å². The standard InChI is InChI=1S/C29H45F3N2O7/c1-8-9-38-22-11-20(10-21(32)13-22)12-23(33-19(3)35)25(36)24-14-39-26(40-17-29(7,15-30)16-31)18(2)34(24)27(37)41-28(4,5)6/h10-11,13,18,23-26,36H,8-9,12,14-17H2,1-7H3,(H,33,35). The van der Waals surface area contributed by atoms with Crippen molar-refractivity contribution in [1.82, 2.24) is 10.2 Å². The number of hydrogen-bond donors (Lipinski definition) is 2. The minimum absolute atomic E-state index is 0.0132. The van der Waals surface area contributed by atoms with Crippen molar-refractivity contribution < 1.29 is 46.8 Å². The molecule has 5 atom stereocenters. The molecule has 0 spiro atoms. The smallest absolute Gasteiger partial charge is 0.411 e. The molecule has 1 saturated heterocycles. The van der Waals surface area contributed by atoms with E-state index in [1.807, 2.05) is 6.92 Å². The topological polar surface area (TPSA) is 107 Å². The van der Waals surface area contributed by atoms with Crippen molar-refractivity contribution in [3.05, 3.63) is 29.6 Å². The molecule has 1 aliphatic rings. The van der Waals surface area contributed by atoms with Gasteiger partial charge >= 0.3 is 6.09 Å². The number of nitrogens with zero attached hydrogens (tertiary/aromatic N) is 1. The van der Waals surface area contributed by atoms with Crippen LogP contribution in [0.15, 0.2) is 18.2 Å². The second kappa shape index (κ2) is 15.1. The summed E-state index contributed by atoms with van der Waals surface area (Å²) in [6.45, 7) is 9.20. The molecule has 5 unspecified atom stereocenters. The van der Waals surface area contributed by atoms with Crippen LogP contribution in [0, 0.1) is 11.2 Å². The molecule has 0 aliphatic carbocycles. The highest BCUT2D eigenvalue weighted by molar-refractivity contribution is 5.73. The van der Waals surface area contributed by atoms with Gasteiger partial charge in [-0.05, 0) is 58.2 Å². The van der Waals surface area contributed by atoms with E-state index in [9.17, 15) is 27.9 Å². The first-order valence-corrected chi connectivity index (χ1v) is 13.9. The maximum absolute atomic E-state index is 14.4. The molecule has 0 saturated carbocycles. The first-order valence-electron chi connectivity index (χ1n) is 13.9. The monoisotopic (exact) mass is 590 g/mol. The minimum Gasteiger partial charge on any atom is -0.493 e. The van der Waals surface area contributed by atoms with Crippen LogP contribution in [0.3, 0.4) is 0 Å². The second-order valence-corrected chi connectivity index (χ2v) is 11.9. The van der Waals surface area contributed by atoms with E-state index in [4.69, 9.17) is 18.9 Å². The number of nitrogens with one attached hydrogen (secondary N) is 1. The van der Waals surface area contributed by atoms with Gasteiger partial charge < -0.3 is 29.4 Å². The van der Waals surface area contributed by atoms with Crippen LogP contribution in [0.5, 0.6) is 5.75 Å². The number of aliphatic hydroxyl groups is 1.